The van der Waals surface area contributed by atoms with Crippen LogP contribution >= 0.6 is 46.4 Å². The maximum absolute atomic E-state index is 14.9. The number of alkyl halides is 6. The van der Waals surface area contributed by atoms with Gasteiger partial charge in [-0.15, -0.1) is 0 Å². The van der Waals surface area contributed by atoms with E-state index in [1.54, 1.807) is 6.92 Å². The molecular weight excluding hydrogens is 595 g/mol. The number of rotatable bonds is 9. The fraction of sp³-hybridized carbons (Fsp3) is 0.348. The van der Waals surface area contributed by atoms with Gasteiger partial charge in [0.1, 0.15) is 11.7 Å². The first kappa shape index (κ1) is 31.5. The average molecular weight is 614 g/mol. The van der Waals surface area contributed by atoms with E-state index in [0.29, 0.717) is 12.5 Å². The van der Waals surface area contributed by atoms with Crippen molar-refractivity contribution in [3.05, 3.63) is 73.2 Å². The van der Waals surface area contributed by atoms with E-state index in [-0.39, 0.29) is 37.8 Å². The van der Waals surface area contributed by atoms with E-state index in [0.717, 1.165) is 30.3 Å². The van der Waals surface area contributed by atoms with E-state index in [1.807, 2.05) is 0 Å². The van der Waals surface area contributed by atoms with E-state index in [9.17, 15) is 35.5 Å². The molecule has 0 saturated heterocycles. The van der Waals surface area contributed by atoms with Crippen LogP contribution in [-0.2, 0) is 0 Å². The van der Waals surface area contributed by atoms with Crippen molar-refractivity contribution in [2.75, 3.05) is 13.1 Å². The highest BCUT2D eigenvalue weighted by atomic mass is 35.5. The third kappa shape index (κ3) is 9.21. The standard InChI is InChI=1S/C23H19Cl4F7N2O/c1-2-13(9-35-10-22(29,30)31)36-21(37)14-4-3-11(5-16(14)24)19(28)8-15(23(32,33)34)12-6-17(25)20(27)18(26)7-12/h3-8,13,15,35H,2,9-10H2,1H3,(H,36,37)/b19-8-/t13-,15?/m1/s1. The minimum atomic E-state index is -4.92. The van der Waals surface area contributed by atoms with Crippen molar-refractivity contribution in [1.82, 2.24) is 10.6 Å². The SMILES string of the molecule is CC[C@H](CNCC(F)(F)F)NC(=O)c1ccc(/C(F)=C/C(c2cc(Cl)c(Cl)c(Cl)c2)C(F)(F)F)cc1Cl. The number of carbonyl (C=O) groups is 1. The summed E-state index contributed by atoms with van der Waals surface area (Å²) in [4.78, 5) is 12.5. The molecule has 3 nitrogen and oxygen atoms in total. The number of hydrogen-bond acceptors (Lipinski definition) is 2. The summed E-state index contributed by atoms with van der Waals surface area (Å²) < 4.78 is 93.0. The van der Waals surface area contributed by atoms with E-state index < -0.39 is 48.2 Å². The predicted molar refractivity (Wildman–Crippen MR) is 131 cm³/mol. The Morgan fingerprint density at radius 3 is 2.05 bits per heavy atom. The van der Waals surface area contributed by atoms with Crippen LogP contribution in [0.15, 0.2) is 36.4 Å². The lowest BCUT2D eigenvalue weighted by Crippen LogP contribution is -2.43. The Labute approximate surface area is 227 Å². The van der Waals surface area contributed by atoms with Gasteiger partial charge in [-0.05, 0) is 42.3 Å². The third-order valence-corrected chi connectivity index (χ3v) is 6.57. The highest BCUT2D eigenvalue weighted by Gasteiger charge is 2.40. The lowest BCUT2D eigenvalue weighted by molar-refractivity contribution is -0.139. The minimum Gasteiger partial charge on any atom is -0.348 e. The maximum atomic E-state index is 14.9. The van der Waals surface area contributed by atoms with Crippen LogP contribution in [-0.4, -0.2) is 37.4 Å². The van der Waals surface area contributed by atoms with Gasteiger partial charge in [0.15, 0.2) is 0 Å². The molecule has 0 bridgehead atoms. The van der Waals surface area contributed by atoms with Crippen LogP contribution in [0, 0.1) is 0 Å². The third-order valence-electron chi connectivity index (χ3n) is 5.06. The molecule has 0 aromatic heterocycles. The molecule has 2 rings (SSSR count). The smallest absolute Gasteiger partial charge is 0.348 e. The molecule has 0 heterocycles. The largest absolute Gasteiger partial charge is 0.401 e. The average Bonchev–Trinajstić information content (AvgIpc) is 2.78. The van der Waals surface area contributed by atoms with Gasteiger partial charge in [0, 0.05) is 18.2 Å². The lowest BCUT2D eigenvalue weighted by Gasteiger charge is -2.19. The molecule has 0 fully saturated rings. The fourth-order valence-electron chi connectivity index (χ4n) is 3.17. The zero-order valence-electron chi connectivity index (χ0n) is 18.8. The topological polar surface area (TPSA) is 41.1 Å². The summed E-state index contributed by atoms with van der Waals surface area (Å²) in [6.07, 6.45) is -8.74. The molecule has 2 N–H and O–H groups in total. The Bertz CT molecular complexity index is 1130. The van der Waals surface area contributed by atoms with Crippen molar-refractivity contribution in [3.8, 4) is 0 Å². The Hall–Kier alpha value is -1.72. The first-order valence-corrected chi connectivity index (χ1v) is 12.0. The lowest BCUT2D eigenvalue weighted by atomic mass is 9.96. The van der Waals surface area contributed by atoms with E-state index in [4.69, 9.17) is 46.4 Å². The summed E-state index contributed by atoms with van der Waals surface area (Å²) in [7, 11) is 0. The molecule has 0 aliphatic heterocycles. The van der Waals surface area contributed by atoms with Crippen LogP contribution in [0.4, 0.5) is 30.7 Å². The van der Waals surface area contributed by atoms with Gasteiger partial charge in [-0.3, -0.25) is 4.79 Å². The van der Waals surface area contributed by atoms with Crippen molar-refractivity contribution in [2.24, 2.45) is 0 Å². The van der Waals surface area contributed by atoms with Gasteiger partial charge in [0.25, 0.3) is 5.91 Å². The van der Waals surface area contributed by atoms with Gasteiger partial charge < -0.3 is 10.6 Å². The van der Waals surface area contributed by atoms with Crippen LogP contribution in [0.3, 0.4) is 0 Å². The molecule has 14 heteroatoms. The van der Waals surface area contributed by atoms with Crippen molar-refractivity contribution < 1.29 is 35.5 Å². The van der Waals surface area contributed by atoms with Crippen molar-refractivity contribution in [3.63, 3.8) is 0 Å². The van der Waals surface area contributed by atoms with Crippen LogP contribution in [0.1, 0.15) is 40.7 Å². The second-order valence-corrected chi connectivity index (χ2v) is 9.45. The molecule has 204 valence electrons. The first-order chi connectivity index (χ1) is 17.0. The number of allylic oxidation sites excluding steroid dienone is 1. The molecule has 0 spiro atoms. The summed E-state index contributed by atoms with van der Waals surface area (Å²) in [5.74, 6) is -4.47. The number of halogens is 11. The minimum absolute atomic E-state index is 0.142. The molecule has 1 amide bonds. The highest BCUT2D eigenvalue weighted by molar-refractivity contribution is 6.48. The Morgan fingerprint density at radius 2 is 1.57 bits per heavy atom. The predicted octanol–water partition coefficient (Wildman–Crippen LogP) is 8.62. The summed E-state index contributed by atoms with van der Waals surface area (Å²) >= 11 is 23.5. The molecule has 0 aliphatic carbocycles. The van der Waals surface area contributed by atoms with Crippen molar-refractivity contribution in [1.29, 1.82) is 0 Å². The molecule has 0 radical (unpaired) electrons. The zero-order chi connectivity index (χ0) is 28.1. The molecule has 2 atom stereocenters. The van der Waals surface area contributed by atoms with Crippen LogP contribution < -0.4 is 10.6 Å². The molecular formula is C23H19Cl4F7N2O. The summed E-state index contributed by atoms with van der Waals surface area (Å²) in [5, 5.41) is 3.76. The van der Waals surface area contributed by atoms with E-state index in [2.05, 4.69) is 10.6 Å². The summed E-state index contributed by atoms with van der Waals surface area (Å²) in [6.45, 7) is 0.226. The van der Waals surface area contributed by atoms with Crippen molar-refractivity contribution in [2.45, 2.75) is 37.7 Å². The number of carbonyl (C=O) groups excluding carboxylic acids is 1. The van der Waals surface area contributed by atoms with Crippen LogP contribution in [0.25, 0.3) is 5.83 Å². The number of hydrogen-bond donors (Lipinski definition) is 2. The van der Waals surface area contributed by atoms with Crippen LogP contribution in [0.2, 0.25) is 20.1 Å². The Morgan fingerprint density at radius 1 is 0.973 bits per heavy atom. The zero-order valence-corrected chi connectivity index (χ0v) is 21.8. The molecule has 2 aromatic carbocycles. The number of amides is 1. The fourth-order valence-corrected chi connectivity index (χ4v) is 4.05. The number of benzene rings is 2. The monoisotopic (exact) mass is 612 g/mol. The maximum Gasteiger partial charge on any atom is 0.401 e. The van der Waals surface area contributed by atoms with Gasteiger partial charge in [0.05, 0.1) is 32.2 Å². The molecule has 2 aromatic rings. The van der Waals surface area contributed by atoms with Gasteiger partial charge in [-0.1, -0.05) is 59.4 Å². The quantitative estimate of drug-likeness (QED) is 0.220. The normalized spacial score (nSPS) is 14.4. The van der Waals surface area contributed by atoms with Crippen molar-refractivity contribution >= 4 is 58.1 Å². The van der Waals surface area contributed by atoms with Gasteiger partial charge in [-0.25, -0.2) is 4.39 Å². The molecule has 37 heavy (non-hydrogen) atoms. The molecule has 0 aliphatic rings. The second-order valence-electron chi connectivity index (χ2n) is 7.85. The van der Waals surface area contributed by atoms with Gasteiger partial charge >= 0.3 is 12.4 Å². The van der Waals surface area contributed by atoms with Crippen LogP contribution in [0.5, 0.6) is 0 Å². The first-order valence-electron chi connectivity index (χ1n) is 10.5. The van der Waals surface area contributed by atoms with Gasteiger partial charge in [0.2, 0.25) is 0 Å². The molecule has 1 unspecified atom stereocenters. The summed E-state index contributed by atoms with van der Waals surface area (Å²) in [6, 6.07) is 4.27. The Kier molecular flexibility index (Phi) is 11.0. The Balaban J connectivity index is 2.26. The summed E-state index contributed by atoms with van der Waals surface area (Å²) in [5.41, 5.74) is -0.939. The van der Waals surface area contributed by atoms with E-state index >= 15 is 0 Å². The highest BCUT2D eigenvalue weighted by Crippen LogP contribution is 2.42. The van der Waals surface area contributed by atoms with E-state index in [1.165, 1.54) is 0 Å². The number of nitrogens with one attached hydrogen (secondary N) is 2. The second kappa shape index (κ2) is 12.9. The van der Waals surface area contributed by atoms with Gasteiger partial charge in [-0.2, -0.15) is 26.3 Å². The molecule has 0 saturated carbocycles.